The molecule has 0 radical (unpaired) electrons. The second kappa shape index (κ2) is 7.04. The van der Waals surface area contributed by atoms with Gasteiger partial charge in [0.25, 0.3) is 15.7 Å². The standard InChI is InChI=1S/C14H14F3N3O3S/c15-14(16,17)24(22,23)12-5-3-11(4-6-12)13(21)18-7-1-9-20-10-2-8-19-20/h2-6,8,10H,1,7,9H2,(H,18,21). The predicted octanol–water partition coefficient (Wildman–Crippen LogP) is 2.00. The second-order valence-electron chi connectivity index (χ2n) is 4.85. The lowest BCUT2D eigenvalue weighted by Crippen LogP contribution is -2.26. The van der Waals surface area contributed by atoms with Crippen LogP contribution < -0.4 is 5.32 Å². The van der Waals surface area contributed by atoms with E-state index in [-0.39, 0.29) is 5.56 Å². The lowest BCUT2D eigenvalue weighted by molar-refractivity contribution is -0.0436. The van der Waals surface area contributed by atoms with Crippen molar-refractivity contribution in [3.05, 3.63) is 48.3 Å². The summed E-state index contributed by atoms with van der Waals surface area (Å²) in [6.45, 7) is 0.956. The highest BCUT2D eigenvalue weighted by Crippen LogP contribution is 2.30. The van der Waals surface area contributed by atoms with Gasteiger partial charge < -0.3 is 5.32 Å². The minimum Gasteiger partial charge on any atom is -0.352 e. The van der Waals surface area contributed by atoms with E-state index in [1.54, 1.807) is 23.1 Å². The number of carbonyl (C=O) groups is 1. The Morgan fingerprint density at radius 3 is 2.42 bits per heavy atom. The lowest BCUT2D eigenvalue weighted by Gasteiger charge is -2.09. The van der Waals surface area contributed by atoms with E-state index in [2.05, 4.69) is 10.4 Å². The normalized spacial score (nSPS) is 12.1. The number of halogens is 3. The first-order valence-electron chi connectivity index (χ1n) is 6.89. The number of sulfone groups is 1. The molecule has 1 amide bonds. The first kappa shape index (κ1) is 18.0. The van der Waals surface area contributed by atoms with Gasteiger partial charge in [-0.2, -0.15) is 18.3 Å². The molecular weight excluding hydrogens is 347 g/mol. The van der Waals surface area contributed by atoms with Gasteiger partial charge in [0.15, 0.2) is 0 Å². The van der Waals surface area contributed by atoms with Crippen LogP contribution in [0.1, 0.15) is 16.8 Å². The highest BCUT2D eigenvalue weighted by Gasteiger charge is 2.46. The number of carbonyl (C=O) groups excluding carboxylic acids is 1. The van der Waals surface area contributed by atoms with E-state index in [0.717, 1.165) is 24.3 Å². The third kappa shape index (κ3) is 4.13. The van der Waals surface area contributed by atoms with Gasteiger partial charge in [-0.15, -0.1) is 0 Å². The number of aryl methyl sites for hydroxylation is 1. The largest absolute Gasteiger partial charge is 0.501 e. The molecule has 0 aliphatic heterocycles. The smallest absolute Gasteiger partial charge is 0.352 e. The molecule has 10 heteroatoms. The van der Waals surface area contributed by atoms with Gasteiger partial charge >= 0.3 is 5.51 Å². The fourth-order valence-corrected chi connectivity index (χ4v) is 2.66. The van der Waals surface area contributed by atoms with Crippen LogP contribution in [0.3, 0.4) is 0 Å². The molecule has 130 valence electrons. The Morgan fingerprint density at radius 1 is 1.21 bits per heavy atom. The summed E-state index contributed by atoms with van der Waals surface area (Å²) < 4.78 is 61.4. The third-order valence-corrected chi connectivity index (χ3v) is 4.64. The number of benzene rings is 1. The Hall–Kier alpha value is -2.36. The first-order valence-corrected chi connectivity index (χ1v) is 8.37. The van der Waals surface area contributed by atoms with Gasteiger partial charge in [0.05, 0.1) is 4.90 Å². The molecule has 0 aliphatic rings. The molecule has 1 heterocycles. The molecule has 0 saturated heterocycles. The number of nitrogens with zero attached hydrogens (tertiary/aromatic N) is 2. The molecule has 0 saturated carbocycles. The molecular formula is C14H14F3N3O3S. The molecule has 0 atom stereocenters. The average molecular weight is 361 g/mol. The Labute approximate surface area is 136 Å². The number of aromatic nitrogens is 2. The van der Waals surface area contributed by atoms with Crippen LogP contribution in [0, 0.1) is 0 Å². The zero-order chi connectivity index (χ0) is 17.8. The Bertz CT molecular complexity index is 785. The van der Waals surface area contributed by atoms with Crippen molar-refractivity contribution in [1.82, 2.24) is 15.1 Å². The van der Waals surface area contributed by atoms with Crippen LogP contribution >= 0.6 is 0 Å². The van der Waals surface area contributed by atoms with E-state index in [0.29, 0.717) is 19.5 Å². The van der Waals surface area contributed by atoms with Crippen molar-refractivity contribution in [2.24, 2.45) is 0 Å². The number of alkyl halides is 3. The van der Waals surface area contributed by atoms with Gasteiger partial charge in [-0.05, 0) is 36.8 Å². The van der Waals surface area contributed by atoms with Crippen LogP contribution in [0.25, 0.3) is 0 Å². The van der Waals surface area contributed by atoms with Gasteiger partial charge in [0.1, 0.15) is 0 Å². The van der Waals surface area contributed by atoms with Crippen molar-refractivity contribution in [2.75, 3.05) is 6.54 Å². The summed E-state index contributed by atoms with van der Waals surface area (Å²) in [6, 6.07) is 5.39. The molecule has 0 spiro atoms. The summed E-state index contributed by atoms with van der Waals surface area (Å²) >= 11 is 0. The second-order valence-corrected chi connectivity index (χ2v) is 6.79. The Kier molecular flexibility index (Phi) is 5.27. The third-order valence-electron chi connectivity index (χ3n) is 3.14. The fourth-order valence-electron chi connectivity index (χ4n) is 1.90. The van der Waals surface area contributed by atoms with Crippen LogP contribution in [-0.4, -0.2) is 36.2 Å². The molecule has 1 N–H and O–H groups in total. The highest BCUT2D eigenvalue weighted by atomic mass is 32.2. The molecule has 24 heavy (non-hydrogen) atoms. The van der Waals surface area contributed by atoms with Gasteiger partial charge in [-0.3, -0.25) is 9.48 Å². The molecule has 1 aromatic heterocycles. The van der Waals surface area contributed by atoms with E-state index in [1.807, 2.05) is 0 Å². The Morgan fingerprint density at radius 2 is 1.88 bits per heavy atom. The minimum absolute atomic E-state index is 0.0789. The number of hydrogen-bond acceptors (Lipinski definition) is 4. The average Bonchev–Trinajstić information content (AvgIpc) is 3.03. The molecule has 0 fully saturated rings. The zero-order valence-electron chi connectivity index (χ0n) is 12.3. The van der Waals surface area contributed by atoms with Crippen LogP contribution in [-0.2, 0) is 16.4 Å². The van der Waals surface area contributed by atoms with Gasteiger partial charge in [0, 0.05) is 31.0 Å². The summed E-state index contributed by atoms with van der Waals surface area (Å²) in [5.41, 5.74) is -5.29. The predicted molar refractivity (Wildman–Crippen MR) is 78.9 cm³/mol. The molecule has 0 unspecified atom stereocenters. The number of rotatable bonds is 6. The van der Waals surface area contributed by atoms with Crippen LogP contribution in [0.4, 0.5) is 13.2 Å². The van der Waals surface area contributed by atoms with E-state index in [4.69, 9.17) is 0 Å². The number of nitrogens with one attached hydrogen (secondary N) is 1. The van der Waals surface area contributed by atoms with Gasteiger partial charge in [-0.25, -0.2) is 8.42 Å². The molecule has 1 aromatic carbocycles. The molecule has 6 nitrogen and oxygen atoms in total. The minimum atomic E-state index is -5.41. The molecule has 0 aliphatic carbocycles. The summed E-state index contributed by atoms with van der Waals surface area (Å²) in [6.07, 6.45) is 4.03. The first-order chi connectivity index (χ1) is 11.2. The van der Waals surface area contributed by atoms with Crippen molar-refractivity contribution in [1.29, 1.82) is 0 Å². The van der Waals surface area contributed by atoms with Crippen LogP contribution in [0.15, 0.2) is 47.6 Å². The van der Waals surface area contributed by atoms with E-state index in [9.17, 15) is 26.4 Å². The zero-order valence-corrected chi connectivity index (χ0v) is 13.1. The van der Waals surface area contributed by atoms with Gasteiger partial charge in [0.2, 0.25) is 0 Å². The highest BCUT2D eigenvalue weighted by molar-refractivity contribution is 7.92. The van der Waals surface area contributed by atoms with Crippen LogP contribution in [0.5, 0.6) is 0 Å². The summed E-state index contributed by atoms with van der Waals surface area (Å²) in [4.78, 5) is 11.0. The number of amides is 1. The van der Waals surface area contributed by atoms with E-state index in [1.165, 1.54) is 0 Å². The van der Waals surface area contributed by atoms with Crippen molar-refractivity contribution >= 4 is 15.7 Å². The molecule has 2 aromatic rings. The van der Waals surface area contributed by atoms with Crippen molar-refractivity contribution in [3.8, 4) is 0 Å². The summed E-state index contributed by atoms with van der Waals surface area (Å²) in [5.74, 6) is -0.494. The lowest BCUT2D eigenvalue weighted by atomic mass is 10.2. The maximum Gasteiger partial charge on any atom is 0.501 e. The van der Waals surface area contributed by atoms with Crippen molar-refractivity contribution in [3.63, 3.8) is 0 Å². The maximum atomic E-state index is 12.4. The fraction of sp³-hybridized carbons (Fsp3) is 0.286. The van der Waals surface area contributed by atoms with Crippen LogP contribution in [0.2, 0.25) is 0 Å². The SMILES string of the molecule is O=C(NCCCn1cccn1)c1ccc(S(=O)(=O)C(F)(F)F)cc1. The van der Waals surface area contributed by atoms with Crippen molar-refractivity contribution < 1.29 is 26.4 Å². The van der Waals surface area contributed by atoms with Crippen molar-refractivity contribution in [2.45, 2.75) is 23.4 Å². The molecule has 2 rings (SSSR count). The topological polar surface area (TPSA) is 81.1 Å². The summed E-state index contributed by atoms with van der Waals surface area (Å²) in [5, 5.41) is 6.60. The summed E-state index contributed by atoms with van der Waals surface area (Å²) in [7, 11) is -5.41. The Balaban J connectivity index is 1.91. The quantitative estimate of drug-likeness (QED) is 0.798. The monoisotopic (exact) mass is 361 g/mol. The van der Waals surface area contributed by atoms with Gasteiger partial charge in [-0.1, -0.05) is 0 Å². The maximum absolute atomic E-state index is 12.4. The van der Waals surface area contributed by atoms with E-state index >= 15 is 0 Å². The van der Waals surface area contributed by atoms with E-state index < -0.39 is 26.1 Å². The number of hydrogen-bond donors (Lipinski definition) is 1. The molecule has 0 bridgehead atoms.